The number of likely N-dealkylation sites (tertiary alicyclic amines) is 1. The van der Waals surface area contributed by atoms with Gasteiger partial charge in [-0.2, -0.15) is 5.10 Å². The molecule has 0 radical (unpaired) electrons. The molecule has 1 aliphatic heterocycles. The molecule has 38 heavy (non-hydrogen) atoms. The Bertz CT molecular complexity index is 1200. The number of nitrogens with zero attached hydrogens (tertiary/aromatic N) is 6. The molecule has 8 nitrogen and oxygen atoms in total. The zero-order valence-corrected chi connectivity index (χ0v) is 25.5. The van der Waals surface area contributed by atoms with Crippen LogP contribution in [0.3, 0.4) is 0 Å². The zero-order valence-electron chi connectivity index (χ0n) is 24.6. The van der Waals surface area contributed by atoms with Crippen molar-refractivity contribution in [1.82, 2.24) is 29.8 Å². The highest BCUT2D eigenvalue weighted by Crippen LogP contribution is 2.39. The van der Waals surface area contributed by atoms with Gasteiger partial charge in [-0.15, -0.1) is 11.8 Å². The Morgan fingerprint density at radius 2 is 1.89 bits per heavy atom. The Kier molecular flexibility index (Phi) is 11.3. The first-order valence-corrected chi connectivity index (χ1v) is 15.7. The molecule has 0 N–H and O–H groups in total. The van der Waals surface area contributed by atoms with E-state index in [9.17, 15) is 4.79 Å². The first-order valence-electron chi connectivity index (χ1n) is 14.5. The van der Waals surface area contributed by atoms with Crippen LogP contribution in [-0.4, -0.2) is 61.5 Å². The van der Waals surface area contributed by atoms with Gasteiger partial charge in [0.15, 0.2) is 22.9 Å². The summed E-state index contributed by atoms with van der Waals surface area (Å²) in [7, 11) is 2.18. The van der Waals surface area contributed by atoms with Crippen LogP contribution in [0.1, 0.15) is 102 Å². The number of aryl methyl sites for hydroxylation is 1. The summed E-state index contributed by atoms with van der Waals surface area (Å²) >= 11 is 1.61. The number of fused-ring (bicyclic) bond motifs is 2. The Morgan fingerprint density at radius 3 is 2.55 bits per heavy atom. The van der Waals surface area contributed by atoms with Gasteiger partial charge in [0.05, 0.1) is 23.5 Å². The second kappa shape index (κ2) is 14.2. The van der Waals surface area contributed by atoms with Crippen LogP contribution in [0.4, 0.5) is 0 Å². The maximum Gasteiger partial charge on any atom is 0.185 e. The number of thioether (sulfide) groups is 1. The highest BCUT2D eigenvalue weighted by Gasteiger charge is 2.34. The number of Topliss-reactive ketones (excluding diaryl/α,β-unsaturated/α-hetero) is 1. The van der Waals surface area contributed by atoms with E-state index >= 15 is 0 Å². The highest BCUT2D eigenvalue weighted by molar-refractivity contribution is 7.98. The molecule has 9 heteroatoms. The van der Waals surface area contributed by atoms with Crippen molar-refractivity contribution in [2.45, 2.75) is 116 Å². The zero-order chi connectivity index (χ0) is 27.8. The molecule has 1 saturated heterocycles. The number of aromatic nitrogens is 5. The third kappa shape index (κ3) is 6.14. The van der Waals surface area contributed by atoms with Crippen LogP contribution in [0.25, 0.3) is 22.6 Å². The maximum absolute atomic E-state index is 12.8. The molecule has 2 unspecified atom stereocenters. The lowest BCUT2D eigenvalue weighted by Crippen LogP contribution is -2.29. The molecule has 0 saturated carbocycles. The summed E-state index contributed by atoms with van der Waals surface area (Å²) in [6.45, 7) is 14.1. The topological polar surface area (TPSA) is 89.9 Å². The van der Waals surface area contributed by atoms with Crippen molar-refractivity contribution in [3.05, 3.63) is 17.0 Å². The smallest absolute Gasteiger partial charge is 0.185 e. The molecular weight excluding hydrogens is 496 g/mol. The second-order valence-electron chi connectivity index (χ2n) is 9.69. The summed E-state index contributed by atoms with van der Waals surface area (Å²) in [5, 5.41) is 11.2. The molecular formula is C29H46N6O2S. The summed E-state index contributed by atoms with van der Waals surface area (Å²) < 4.78 is 7.86. The average Bonchev–Trinajstić information content (AvgIpc) is 3.66. The Labute approximate surface area is 232 Å². The summed E-state index contributed by atoms with van der Waals surface area (Å²) in [6.07, 6.45) is 9.59. The van der Waals surface area contributed by atoms with E-state index in [1.54, 1.807) is 11.8 Å². The van der Waals surface area contributed by atoms with Crippen LogP contribution >= 0.6 is 11.8 Å². The molecule has 0 amide bonds. The van der Waals surface area contributed by atoms with Gasteiger partial charge in [-0.25, -0.2) is 14.6 Å². The molecule has 2 atom stereocenters. The van der Waals surface area contributed by atoms with Gasteiger partial charge in [0, 0.05) is 18.0 Å². The number of rotatable bonds is 8. The minimum atomic E-state index is -0.189. The molecule has 0 bridgehead atoms. The maximum atomic E-state index is 12.8. The van der Waals surface area contributed by atoms with E-state index in [0.717, 1.165) is 78.3 Å². The lowest BCUT2D eigenvalue weighted by molar-refractivity contribution is -0.121. The monoisotopic (exact) mass is 542 g/mol. The number of carbonyl (C=O) groups is 1. The van der Waals surface area contributed by atoms with Gasteiger partial charge in [-0.05, 0) is 65.3 Å². The number of hydrogen-bond acceptors (Lipinski definition) is 8. The molecule has 3 aromatic heterocycles. The van der Waals surface area contributed by atoms with Crippen molar-refractivity contribution in [1.29, 1.82) is 0 Å². The lowest BCUT2D eigenvalue weighted by Gasteiger charge is -2.19. The minimum absolute atomic E-state index is 0.189. The van der Waals surface area contributed by atoms with Crippen LogP contribution in [0.15, 0.2) is 9.55 Å². The fourth-order valence-corrected chi connectivity index (χ4v) is 6.08. The quantitative estimate of drug-likeness (QED) is 0.226. The predicted octanol–water partition coefficient (Wildman–Crippen LogP) is 6.84. The van der Waals surface area contributed by atoms with Crippen molar-refractivity contribution in [2.24, 2.45) is 0 Å². The summed E-state index contributed by atoms with van der Waals surface area (Å²) in [5.41, 5.74) is 3.50. The van der Waals surface area contributed by atoms with E-state index in [2.05, 4.69) is 24.0 Å². The van der Waals surface area contributed by atoms with Crippen molar-refractivity contribution < 1.29 is 9.32 Å². The number of carbonyl (C=O) groups excluding carboxylic acids is 1. The Balaban J connectivity index is 0.000000956. The van der Waals surface area contributed by atoms with E-state index in [0.29, 0.717) is 24.0 Å². The van der Waals surface area contributed by atoms with Gasteiger partial charge in [0.1, 0.15) is 10.8 Å². The van der Waals surface area contributed by atoms with Gasteiger partial charge in [0.25, 0.3) is 0 Å². The van der Waals surface area contributed by atoms with Crippen molar-refractivity contribution >= 4 is 28.6 Å². The van der Waals surface area contributed by atoms with Crippen LogP contribution in [0, 0.1) is 6.92 Å². The van der Waals surface area contributed by atoms with Gasteiger partial charge < -0.3 is 9.42 Å². The average molecular weight is 543 g/mol. The third-order valence-corrected chi connectivity index (χ3v) is 8.10. The van der Waals surface area contributed by atoms with Crippen LogP contribution in [0.5, 0.6) is 0 Å². The van der Waals surface area contributed by atoms with Crippen LogP contribution in [0.2, 0.25) is 0 Å². The van der Waals surface area contributed by atoms with Gasteiger partial charge in [-0.3, -0.25) is 4.79 Å². The number of ketones is 1. The molecule has 0 spiro atoms. The standard InChI is InChI=1S/C25H34N6O2S.2C2H6/c1-5-6-12-19(32)17-10-7-11-18-21(29-33-22(17)18)23-26-24-20(25(27-23)34-4)15(2)28-31(24)14-16-9-8-13-30(16)3;2*1-2/h16-17H,5-14H2,1-4H3;2*1-2H3. The SMILES string of the molecule is CC.CC.CCCCC(=O)C1CCCc2c(-c3nc(SC)c4c(C)nn(CC5CCCN5C)c4n3)noc21. The van der Waals surface area contributed by atoms with Gasteiger partial charge in [-0.1, -0.05) is 46.2 Å². The third-order valence-electron chi connectivity index (χ3n) is 7.41. The predicted molar refractivity (Wildman–Crippen MR) is 156 cm³/mol. The first-order chi connectivity index (χ1) is 18.5. The first kappa shape index (κ1) is 30.3. The second-order valence-corrected chi connectivity index (χ2v) is 10.5. The highest BCUT2D eigenvalue weighted by atomic mass is 32.2. The fourth-order valence-electron chi connectivity index (χ4n) is 5.46. The van der Waals surface area contributed by atoms with E-state index < -0.39 is 0 Å². The summed E-state index contributed by atoms with van der Waals surface area (Å²) in [5.74, 6) is 1.38. The van der Waals surface area contributed by atoms with Gasteiger partial charge >= 0.3 is 0 Å². The van der Waals surface area contributed by atoms with E-state index in [1.807, 2.05) is 45.6 Å². The van der Waals surface area contributed by atoms with Gasteiger partial charge in [0.2, 0.25) is 0 Å². The van der Waals surface area contributed by atoms with E-state index in [1.165, 1.54) is 12.8 Å². The van der Waals surface area contributed by atoms with Crippen molar-refractivity contribution in [3.63, 3.8) is 0 Å². The lowest BCUT2D eigenvalue weighted by atomic mass is 9.83. The van der Waals surface area contributed by atoms with E-state index in [-0.39, 0.29) is 11.7 Å². The summed E-state index contributed by atoms with van der Waals surface area (Å²) in [6, 6.07) is 0.466. The number of likely N-dealkylation sites (N-methyl/N-ethyl adjacent to an activating group) is 1. The molecule has 2 aliphatic rings. The molecule has 0 aromatic carbocycles. The van der Waals surface area contributed by atoms with Crippen LogP contribution < -0.4 is 0 Å². The van der Waals surface area contributed by atoms with Crippen molar-refractivity contribution in [3.8, 4) is 11.5 Å². The minimum Gasteiger partial charge on any atom is -0.360 e. The molecule has 1 fully saturated rings. The normalized spacial score (nSPS) is 18.9. The fraction of sp³-hybridized carbons (Fsp3) is 0.690. The van der Waals surface area contributed by atoms with E-state index in [4.69, 9.17) is 19.6 Å². The largest absolute Gasteiger partial charge is 0.360 e. The molecule has 4 heterocycles. The summed E-state index contributed by atoms with van der Waals surface area (Å²) in [4.78, 5) is 25.1. The Morgan fingerprint density at radius 1 is 1.13 bits per heavy atom. The van der Waals surface area contributed by atoms with Crippen LogP contribution in [-0.2, 0) is 17.8 Å². The molecule has 1 aliphatic carbocycles. The molecule has 5 rings (SSSR count). The number of unbranched alkanes of at least 4 members (excludes halogenated alkanes) is 1. The molecule has 3 aromatic rings. The Hall–Kier alpha value is -2.26. The van der Waals surface area contributed by atoms with Crippen molar-refractivity contribution in [2.75, 3.05) is 19.8 Å². The number of hydrogen-bond donors (Lipinski definition) is 0. The molecule has 210 valence electrons.